The number of hydrogen-bond donors (Lipinski definition) is 2. The van der Waals surface area contributed by atoms with E-state index in [4.69, 9.17) is 25.1 Å². The van der Waals surface area contributed by atoms with Crippen molar-refractivity contribution in [1.82, 2.24) is 9.97 Å². The Morgan fingerprint density at radius 3 is 2.08 bits per heavy atom. The van der Waals surface area contributed by atoms with Gasteiger partial charge in [0.15, 0.2) is 17.3 Å². The predicted octanol–water partition coefficient (Wildman–Crippen LogP) is 1.64. The molecule has 1 aromatic heterocycles. The quantitative estimate of drug-likeness (QED) is 0.785. The number of ether oxygens (including phenoxy) is 3. The van der Waals surface area contributed by atoms with Crippen LogP contribution in [0.1, 0.15) is 18.0 Å². The van der Waals surface area contributed by atoms with E-state index in [0.717, 1.165) is 0 Å². The van der Waals surface area contributed by atoms with Gasteiger partial charge in [-0.1, -0.05) is 0 Å². The van der Waals surface area contributed by atoms with Gasteiger partial charge in [-0.3, -0.25) is 4.79 Å². The summed E-state index contributed by atoms with van der Waals surface area (Å²) in [6.45, 7) is 0. The van der Waals surface area contributed by atoms with E-state index in [-0.39, 0.29) is 6.42 Å². The molecule has 0 saturated carbocycles. The van der Waals surface area contributed by atoms with Gasteiger partial charge in [0, 0.05) is 29.6 Å². The summed E-state index contributed by atoms with van der Waals surface area (Å²) in [6, 6.07) is 2.80. The van der Waals surface area contributed by atoms with Crippen molar-refractivity contribution in [2.75, 3.05) is 21.3 Å². The third kappa shape index (κ3) is 3.72. The Bertz CT molecular complexity index is 693. The van der Waals surface area contributed by atoms with Crippen LogP contribution >= 0.6 is 0 Å². The second kappa shape index (κ2) is 7.60. The minimum Gasteiger partial charge on any atom is -0.493 e. The molecule has 0 radical (unpaired) electrons. The highest BCUT2D eigenvalue weighted by atomic mass is 16.5. The first-order chi connectivity index (χ1) is 11.5. The fraction of sp³-hybridized carbons (Fsp3) is 0.312. The Hall–Kier alpha value is -2.87. The largest absolute Gasteiger partial charge is 0.493 e. The molecule has 0 bridgehead atoms. The van der Waals surface area contributed by atoms with Gasteiger partial charge >= 0.3 is 5.97 Å². The number of benzene rings is 1. The zero-order valence-corrected chi connectivity index (χ0v) is 13.6. The highest BCUT2D eigenvalue weighted by Gasteiger charge is 2.16. The number of hydrogen-bond acceptors (Lipinski definition) is 7. The van der Waals surface area contributed by atoms with Gasteiger partial charge in [-0.05, 0) is 12.1 Å². The minimum atomic E-state index is -0.976. The first-order valence-corrected chi connectivity index (χ1v) is 7.09. The average Bonchev–Trinajstić information content (AvgIpc) is 2.59. The van der Waals surface area contributed by atoms with Crippen LogP contribution in [0.15, 0.2) is 24.5 Å². The highest BCUT2D eigenvalue weighted by Crippen LogP contribution is 2.40. The number of rotatable bonds is 7. The number of aromatic nitrogens is 2. The van der Waals surface area contributed by atoms with Crippen LogP contribution in [0.25, 0.3) is 11.4 Å². The Morgan fingerprint density at radius 1 is 1.12 bits per heavy atom. The van der Waals surface area contributed by atoms with Gasteiger partial charge < -0.3 is 25.1 Å². The maximum absolute atomic E-state index is 10.7. The lowest BCUT2D eigenvalue weighted by Crippen LogP contribution is -2.15. The second-order valence-corrected chi connectivity index (χ2v) is 4.96. The molecule has 0 amide bonds. The number of nitrogens with zero attached hydrogens (tertiary/aromatic N) is 2. The lowest BCUT2D eigenvalue weighted by Gasteiger charge is -2.14. The van der Waals surface area contributed by atoms with E-state index in [1.165, 1.54) is 33.7 Å². The topological polar surface area (TPSA) is 117 Å². The van der Waals surface area contributed by atoms with Crippen LogP contribution in [-0.2, 0) is 4.79 Å². The van der Waals surface area contributed by atoms with Crippen molar-refractivity contribution < 1.29 is 24.1 Å². The molecular weight excluding hydrogens is 314 g/mol. The number of carboxylic acids is 1. The number of carbonyl (C=O) groups is 1. The summed E-state index contributed by atoms with van der Waals surface area (Å²) < 4.78 is 15.9. The summed E-state index contributed by atoms with van der Waals surface area (Å²) in [4.78, 5) is 19.2. The van der Waals surface area contributed by atoms with Crippen molar-refractivity contribution in [2.45, 2.75) is 12.5 Å². The van der Waals surface area contributed by atoms with E-state index in [1.54, 1.807) is 12.1 Å². The van der Waals surface area contributed by atoms with Crippen LogP contribution in [0.2, 0.25) is 0 Å². The van der Waals surface area contributed by atoms with Crippen molar-refractivity contribution in [2.24, 2.45) is 5.73 Å². The summed E-state index contributed by atoms with van der Waals surface area (Å²) in [7, 11) is 4.57. The molecule has 0 fully saturated rings. The summed E-state index contributed by atoms with van der Waals surface area (Å²) in [5, 5.41) is 8.78. The van der Waals surface area contributed by atoms with E-state index in [2.05, 4.69) is 9.97 Å². The summed E-state index contributed by atoms with van der Waals surface area (Å²) in [6.07, 6.45) is 2.84. The Balaban J connectivity index is 2.36. The van der Waals surface area contributed by atoms with Gasteiger partial charge in [0.2, 0.25) is 5.75 Å². The van der Waals surface area contributed by atoms with Crippen LogP contribution in [0, 0.1) is 0 Å². The smallest absolute Gasteiger partial charge is 0.305 e. The highest BCUT2D eigenvalue weighted by molar-refractivity contribution is 5.68. The zero-order valence-electron chi connectivity index (χ0n) is 13.6. The fourth-order valence-electron chi connectivity index (χ4n) is 2.19. The minimum absolute atomic E-state index is 0.188. The lowest BCUT2D eigenvalue weighted by molar-refractivity contribution is -0.137. The summed E-state index contributed by atoms with van der Waals surface area (Å²) in [5.74, 6) is 0.907. The third-order valence-corrected chi connectivity index (χ3v) is 3.42. The second-order valence-electron chi connectivity index (χ2n) is 4.96. The Morgan fingerprint density at radius 2 is 1.67 bits per heavy atom. The van der Waals surface area contributed by atoms with Crippen molar-refractivity contribution in [3.63, 3.8) is 0 Å². The van der Waals surface area contributed by atoms with Crippen LogP contribution in [0.5, 0.6) is 17.2 Å². The van der Waals surface area contributed by atoms with E-state index < -0.39 is 12.0 Å². The number of carboxylic acid groups (broad SMARTS) is 1. The van der Waals surface area contributed by atoms with Crippen molar-refractivity contribution in [3.8, 4) is 28.6 Å². The first kappa shape index (κ1) is 17.5. The maximum atomic E-state index is 10.7. The molecular formula is C16H19N3O5. The molecule has 8 nitrogen and oxygen atoms in total. The Kier molecular flexibility index (Phi) is 5.54. The van der Waals surface area contributed by atoms with Gasteiger partial charge in [0.1, 0.15) is 0 Å². The van der Waals surface area contributed by atoms with Crippen molar-refractivity contribution >= 4 is 5.97 Å². The SMILES string of the molecule is COc1cc(-c2ncc(C(N)CC(=O)O)cn2)cc(OC)c1OC. The summed E-state index contributed by atoms with van der Waals surface area (Å²) >= 11 is 0. The maximum Gasteiger partial charge on any atom is 0.305 e. The van der Waals surface area contributed by atoms with Gasteiger partial charge in [-0.15, -0.1) is 0 Å². The van der Waals surface area contributed by atoms with E-state index >= 15 is 0 Å². The van der Waals surface area contributed by atoms with Crippen LogP contribution in [-0.4, -0.2) is 42.4 Å². The number of methoxy groups -OCH3 is 3. The van der Waals surface area contributed by atoms with Crippen LogP contribution in [0.4, 0.5) is 0 Å². The molecule has 2 aromatic rings. The zero-order chi connectivity index (χ0) is 17.7. The molecule has 3 N–H and O–H groups in total. The molecule has 0 saturated heterocycles. The standard InChI is InChI=1S/C16H19N3O5/c1-22-12-4-9(5-13(23-2)15(12)24-3)16-18-7-10(8-19-16)11(17)6-14(20)21/h4-5,7-8,11H,6,17H2,1-3H3,(H,20,21). The molecule has 1 atom stereocenters. The molecule has 128 valence electrons. The third-order valence-electron chi connectivity index (χ3n) is 3.42. The molecule has 0 aliphatic heterocycles. The van der Waals surface area contributed by atoms with E-state index in [9.17, 15) is 4.79 Å². The van der Waals surface area contributed by atoms with Gasteiger partial charge in [0.25, 0.3) is 0 Å². The van der Waals surface area contributed by atoms with Gasteiger partial charge in [-0.2, -0.15) is 0 Å². The first-order valence-electron chi connectivity index (χ1n) is 7.09. The van der Waals surface area contributed by atoms with Gasteiger partial charge in [0.05, 0.1) is 27.8 Å². The molecule has 0 aliphatic carbocycles. The fourth-order valence-corrected chi connectivity index (χ4v) is 2.19. The van der Waals surface area contributed by atoms with Crippen molar-refractivity contribution in [3.05, 3.63) is 30.1 Å². The monoisotopic (exact) mass is 333 g/mol. The van der Waals surface area contributed by atoms with Gasteiger partial charge in [-0.25, -0.2) is 9.97 Å². The van der Waals surface area contributed by atoms with Crippen LogP contribution in [0.3, 0.4) is 0 Å². The molecule has 8 heteroatoms. The number of nitrogens with two attached hydrogens (primary N) is 1. The molecule has 1 unspecified atom stereocenters. The number of aliphatic carboxylic acids is 1. The molecule has 1 heterocycles. The molecule has 0 aliphatic rings. The van der Waals surface area contributed by atoms with E-state index in [0.29, 0.717) is 34.2 Å². The van der Waals surface area contributed by atoms with Crippen LogP contribution < -0.4 is 19.9 Å². The molecule has 0 spiro atoms. The summed E-state index contributed by atoms with van der Waals surface area (Å²) in [5.41, 5.74) is 7.02. The lowest BCUT2D eigenvalue weighted by atomic mass is 10.1. The van der Waals surface area contributed by atoms with Crippen molar-refractivity contribution in [1.29, 1.82) is 0 Å². The molecule has 1 aromatic carbocycles. The molecule has 24 heavy (non-hydrogen) atoms. The normalized spacial score (nSPS) is 11.7. The Labute approximate surface area is 139 Å². The van der Waals surface area contributed by atoms with E-state index in [1.807, 2.05) is 0 Å². The molecule has 2 rings (SSSR count). The predicted molar refractivity (Wildman–Crippen MR) is 86.3 cm³/mol. The average molecular weight is 333 g/mol.